The molecule has 0 bridgehead atoms. The number of rotatable bonds is 3. The van der Waals surface area contributed by atoms with E-state index in [0.29, 0.717) is 37.5 Å². The average Bonchev–Trinajstić information content (AvgIpc) is 3.05. The first-order chi connectivity index (χ1) is 12.5. The van der Waals surface area contributed by atoms with Gasteiger partial charge >= 0.3 is 5.97 Å². The summed E-state index contributed by atoms with van der Waals surface area (Å²) < 4.78 is 5.05. The van der Waals surface area contributed by atoms with Crippen LogP contribution in [0, 0.1) is 0 Å². The Morgan fingerprint density at radius 3 is 2.35 bits per heavy atom. The molecule has 136 valence electrons. The molecule has 7 heteroatoms. The molecule has 1 saturated heterocycles. The molecule has 2 heterocycles. The van der Waals surface area contributed by atoms with Crippen LogP contribution < -0.4 is 4.74 Å². The van der Waals surface area contributed by atoms with Gasteiger partial charge in [0.2, 0.25) is 0 Å². The molecule has 1 aromatic carbocycles. The van der Waals surface area contributed by atoms with Crippen LogP contribution in [0.3, 0.4) is 0 Å². The van der Waals surface area contributed by atoms with E-state index in [4.69, 9.17) is 4.74 Å². The maximum absolute atomic E-state index is 12.8. The quantitative estimate of drug-likeness (QED) is 0.614. The van der Waals surface area contributed by atoms with E-state index in [9.17, 15) is 14.4 Å². The Labute approximate surface area is 156 Å². The molecule has 0 saturated carbocycles. The Bertz CT molecular complexity index is 804. The molecular formula is C19H20N2O4S. The van der Waals surface area contributed by atoms with Crippen molar-refractivity contribution in [1.29, 1.82) is 0 Å². The average molecular weight is 372 g/mol. The number of carbonyl (C=O) groups is 3. The molecule has 0 radical (unpaired) electrons. The minimum atomic E-state index is -0.424. The molecule has 6 nitrogen and oxygen atoms in total. The van der Waals surface area contributed by atoms with Gasteiger partial charge in [-0.2, -0.15) is 0 Å². The lowest BCUT2D eigenvalue weighted by Crippen LogP contribution is -2.37. The maximum atomic E-state index is 12.8. The number of esters is 1. The van der Waals surface area contributed by atoms with Crippen LogP contribution in [0.4, 0.5) is 0 Å². The van der Waals surface area contributed by atoms with E-state index in [1.54, 1.807) is 34.1 Å². The summed E-state index contributed by atoms with van der Waals surface area (Å²) in [5.41, 5.74) is 0.474. The van der Waals surface area contributed by atoms with E-state index < -0.39 is 5.97 Å². The van der Waals surface area contributed by atoms with Gasteiger partial charge in [-0.15, -0.1) is 11.3 Å². The highest BCUT2D eigenvalue weighted by Crippen LogP contribution is 2.18. The number of ether oxygens (including phenoxy) is 1. The lowest BCUT2D eigenvalue weighted by molar-refractivity contribution is -0.131. The van der Waals surface area contributed by atoms with Gasteiger partial charge in [-0.25, -0.2) is 0 Å². The Morgan fingerprint density at radius 2 is 1.69 bits per heavy atom. The first-order valence-electron chi connectivity index (χ1n) is 8.45. The summed E-state index contributed by atoms with van der Waals surface area (Å²) in [5.74, 6) is -0.171. The molecule has 1 aliphatic rings. The fourth-order valence-corrected chi connectivity index (χ4v) is 3.61. The van der Waals surface area contributed by atoms with Crippen molar-refractivity contribution in [3.63, 3.8) is 0 Å². The Kier molecular flexibility index (Phi) is 5.68. The SMILES string of the molecule is CC(=O)Oc1cccc(C(=O)N2CCCN(C(=O)c3cccs3)CC2)c1. The van der Waals surface area contributed by atoms with Crippen LogP contribution in [0.25, 0.3) is 0 Å². The Balaban J connectivity index is 1.66. The Morgan fingerprint density at radius 1 is 0.962 bits per heavy atom. The van der Waals surface area contributed by atoms with E-state index in [1.807, 2.05) is 17.5 Å². The molecule has 0 aliphatic carbocycles. The van der Waals surface area contributed by atoms with Gasteiger partial charge in [0, 0.05) is 38.7 Å². The second-order valence-electron chi connectivity index (χ2n) is 6.04. The van der Waals surface area contributed by atoms with Gasteiger partial charge in [-0.05, 0) is 36.1 Å². The molecule has 1 aliphatic heterocycles. The lowest BCUT2D eigenvalue weighted by Gasteiger charge is -2.22. The highest BCUT2D eigenvalue weighted by Gasteiger charge is 2.24. The van der Waals surface area contributed by atoms with Crippen molar-refractivity contribution >= 4 is 29.1 Å². The number of nitrogens with zero attached hydrogens (tertiary/aromatic N) is 2. The molecule has 0 atom stereocenters. The normalized spacial score (nSPS) is 14.7. The molecule has 1 fully saturated rings. The number of amides is 2. The van der Waals surface area contributed by atoms with Crippen molar-refractivity contribution in [2.45, 2.75) is 13.3 Å². The smallest absolute Gasteiger partial charge is 0.308 e. The largest absolute Gasteiger partial charge is 0.427 e. The molecular weight excluding hydrogens is 352 g/mol. The number of thiophene rings is 1. The summed E-state index contributed by atoms with van der Waals surface area (Å²) in [6.07, 6.45) is 0.729. The fraction of sp³-hybridized carbons (Fsp3) is 0.316. The van der Waals surface area contributed by atoms with Crippen LogP contribution in [-0.4, -0.2) is 53.8 Å². The van der Waals surface area contributed by atoms with E-state index in [0.717, 1.165) is 11.3 Å². The van der Waals surface area contributed by atoms with Gasteiger partial charge in [-0.1, -0.05) is 12.1 Å². The van der Waals surface area contributed by atoms with Crippen LogP contribution in [-0.2, 0) is 4.79 Å². The third kappa shape index (κ3) is 4.29. The number of benzene rings is 1. The third-order valence-electron chi connectivity index (χ3n) is 4.14. The van der Waals surface area contributed by atoms with Crippen molar-refractivity contribution in [3.8, 4) is 5.75 Å². The third-order valence-corrected chi connectivity index (χ3v) is 5.00. The topological polar surface area (TPSA) is 66.9 Å². The second kappa shape index (κ2) is 8.14. The van der Waals surface area contributed by atoms with Gasteiger partial charge in [0.05, 0.1) is 4.88 Å². The van der Waals surface area contributed by atoms with Crippen LogP contribution in [0.2, 0.25) is 0 Å². The van der Waals surface area contributed by atoms with E-state index >= 15 is 0 Å². The minimum Gasteiger partial charge on any atom is -0.427 e. The van der Waals surface area contributed by atoms with Crippen LogP contribution in [0.1, 0.15) is 33.4 Å². The zero-order valence-corrected chi connectivity index (χ0v) is 15.3. The van der Waals surface area contributed by atoms with Crippen molar-refractivity contribution in [2.24, 2.45) is 0 Å². The van der Waals surface area contributed by atoms with Gasteiger partial charge in [0.1, 0.15) is 5.75 Å². The zero-order chi connectivity index (χ0) is 18.5. The standard InChI is InChI=1S/C19H20N2O4S/c1-14(22)25-16-6-2-5-15(13-16)18(23)20-8-4-9-21(11-10-20)19(24)17-7-3-12-26-17/h2-3,5-7,12-13H,4,8-11H2,1H3. The van der Waals surface area contributed by atoms with Gasteiger partial charge in [-0.3, -0.25) is 14.4 Å². The molecule has 0 N–H and O–H groups in total. The van der Waals surface area contributed by atoms with Gasteiger partial charge in [0.25, 0.3) is 11.8 Å². The van der Waals surface area contributed by atoms with E-state index in [1.165, 1.54) is 18.3 Å². The second-order valence-corrected chi connectivity index (χ2v) is 6.98. The molecule has 0 unspecified atom stereocenters. The predicted molar refractivity (Wildman–Crippen MR) is 98.5 cm³/mol. The number of hydrogen-bond donors (Lipinski definition) is 0. The fourth-order valence-electron chi connectivity index (χ4n) is 2.92. The summed E-state index contributed by atoms with van der Waals surface area (Å²) in [6, 6.07) is 10.3. The summed E-state index contributed by atoms with van der Waals surface area (Å²) in [5, 5.41) is 1.89. The van der Waals surface area contributed by atoms with Gasteiger partial charge < -0.3 is 14.5 Å². The predicted octanol–water partition coefficient (Wildman–Crippen LogP) is 2.66. The summed E-state index contributed by atoms with van der Waals surface area (Å²) in [4.78, 5) is 40.6. The number of carbonyl (C=O) groups excluding carboxylic acids is 3. The van der Waals surface area contributed by atoms with E-state index in [2.05, 4.69) is 0 Å². The van der Waals surface area contributed by atoms with Crippen LogP contribution >= 0.6 is 11.3 Å². The molecule has 2 amide bonds. The van der Waals surface area contributed by atoms with Crippen molar-refractivity contribution in [1.82, 2.24) is 9.80 Å². The summed E-state index contributed by atoms with van der Waals surface area (Å²) >= 11 is 1.43. The van der Waals surface area contributed by atoms with Gasteiger partial charge in [0.15, 0.2) is 0 Å². The number of hydrogen-bond acceptors (Lipinski definition) is 5. The lowest BCUT2D eigenvalue weighted by atomic mass is 10.2. The van der Waals surface area contributed by atoms with Crippen molar-refractivity contribution < 1.29 is 19.1 Å². The van der Waals surface area contributed by atoms with Crippen LogP contribution in [0.5, 0.6) is 5.75 Å². The molecule has 1 aromatic heterocycles. The van der Waals surface area contributed by atoms with Crippen LogP contribution in [0.15, 0.2) is 41.8 Å². The minimum absolute atomic E-state index is 0.0196. The first-order valence-corrected chi connectivity index (χ1v) is 9.33. The maximum Gasteiger partial charge on any atom is 0.308 e. The zero-order valence-electron chi connectivity index (χ0n) is 14.5. The highest BCUT2D eigenvalue weighted by atomic mass is 32.1. The Hall–Kier alpha value is -2.67. The highest BCUT2D eigenvalue weighted by molar-refractivity contribution is 7.12. The molecule has 0 spiro atoms. The summed E-state index contributed by atoms with van der Waals surface area (Å²) in [6.45, 7) is 3.53. The van der Waals surface area contributed by atoms with E-state index in [-0.39, 0.29) is 11.8 Å². The van der Waals surface area contributed by atoms with Crippen molar-refractivity contribution in [3.05, 3.63) is 52.2 Å². The first kappa shape index (κ1) is 18.1. The summed E-state index contributed by atoms with van der Waals surface area (Å²) in [7, 11) is 0. The molecule has 26 heavy (non-hydrogen) atoms. The van der Waals surface area contributed by atoms with Crippen molar-refractivity contribution in [2.75, 3.05) is 26.2 Å². The molecule has 3 rings (SSSR count). The molecule has 2 aromatic rings. The monoisotopic (exact) mass is 372 g/mol.